The van der Waals surface area contributed by atoms with Gasteiger partial charge in [-0.1, -0.05) is 60.2 Å². The standard InChI is InChI=1S/C36H40N4O3/c1-27-13-15-28(16-14-27)31-9-4-5-10-32(31)35(41)37-30-19-17-29(18-20-30)36(42)39(3)33-11-6-7-12-34(33)43-26-8-21-40-24-22-38(2)23-25-40/h4-7,9-20H,8,21-26H2,1-3H3,(H,37,41). The first-order valence-corrected chi connectivity index (χ1v) is 14.9. The van der Waals surface area contributed by atoms with E-state index in [1.54, 1.807) is 36.2 Å². The van der Waals surface area contributed by atoms with Gasteiger partial charge in [0, 0.05) is 56.6 Å². The number of carbonyl (C=O) groups excluding carboxylic acids is 2. The minimum Gasteiger partial charge on any atom is -0.491 e. The molecule has 7 heteroatoms. The van der Waals surface area contributed by atoms with Crippen LogP contribution < -0.4 is 15.0 Å². The molecule has 4 aromatic rings. The molecule has 0 aliphatic carbocycles. The summed E-state index contributed by atoms with van der Waals surface area (Å²) in [6.45, 7) is 8.02. The molecule has 0 spiro atoms. The third-order valence-corrected chi connectivity index (χ3v) is 7.93. The Bertz CT molecular complexity index is 1530. The number of hydrogen-bond donors (Lipinski definition) is 1. The molecule has 4 aromatic carbocycles. The van der Waals surface area contributed by atoms with Crippen molar-refractivity contribution < 1.29 is 14.3 Å². The van der Waals surface area contributed by atoms with Crippen molar-refractivity contribution in [2.45, 2.75) is 13.3 Å². The fraction of sp³-hybridized carbons (Fsp3) is 0.278. The van der Waals surface area contributed by atoms with Crippen molar-refractivity contribution in [3.8, 4) is 16.9 Å². The number of nitrogens with one attached hydrogen (secondary N) is 1. The minimum atomic E-state index is -0.203. The summed E-state index contributed by atoms with van der Waals surface area (Å²) in [7, 11) is 3.92. The van der Waals surface area contributed by atoms with E-state index in [0.717, 1.165) is 56.0 Å². The van der Waals surface area contributed by atoms with Crippen molar-refractivity contribution in [2.75, 3.05) is 63.6 Å². The second-order valence-electron chi connectivity index (χ2n) is 11.1. The van der Waals surface area contributed by atoms with Gasteiger partial charge in [0.2, 0.25) is 0 Å². The summed E-state index contributed by atoms with van der Waals surface area (Å²) in [6.07, 6.45) is 0.929. The first kappa shape index (κ1) is 30.0. The van der Waals surface area contributed by atoms with Crippen molar-refractivity contribution in [2.24, 2.45) is 0 Å². The molecule has 0 saturated carbocycles. The second-order valence-corrected chi connectivity index (χ2v) is 11.1. The zero-order chi connectivity index (χ0) is 30.2. The summed E-state index contributed by atoms with van der Waals surface area (Å²) in [5.74, 6) is 0.329. The molecule has 0 radical (unpaired) electrons. The molecule has 1 aliphatic rings. The summed E-state index contributed by atoms with van der Waals surface area (Å²) in [4.78, 5) is 33.1. The number of likely N-dealkylation sites (N-methyl/N-ethyl adjacent to an activating group) is 1. The number of amides is 2. The summed E-state index contributed by atoms with van der Waals surface area (Å²) >= 11 is 0. The van der Waals surface area contributed by atoms with Gasteiger partial charge >= 0.3 is 0 Å². The van der Waals surface area contributed by atoms with Crippen LogP contribution in [0.15, 0.2) is 97.1 Å². The van der Waals surface area contributed by atoms with Crippen LogP contribution in [0.25, 0.3) is 11.1 Å². The molecule has 0 bridgehead atoms. The van der Waals surface area contributed by atoms with E-state index in [1.165, 1.54) is 5.56 Å². The molecule has 1 saturated heterocycles. The molecule has 222 valence electrons. The number of anilines is 2. The third-order valence-electron chi connectivity index (χ3n) is 7.93. The van der Waals surface area contributed by atoms with Crippen molar-refractivity contribution in [1.82, 2.24) is 9.80 Å². The van der Waals surface area contributed by atoms with Gasteiger partial charge in [-0.05, 0) is 74.0 Å². The molecular weight excluding hydrogens is 536 g/mol. The number of carbonyl (C=O) groups is 2. The predicted octanol–water partition coefficient (Wildman–Crippen LogP) is 6.21. The molecule has 7 nitrogen and oxygen atoms in total. The Hall–Kier alpha value is -4.46. The molecule has 0 unspecified atom stereocenters. The van der Waals surface area contributed by atoms with Gasteiger partial charge in [-0.15, -0.1) is 0 Å². The van der Waals surface area contributed by atoms with Crippen LogP contribution in [0.5, 0.6) is 5.75 Å². The number of benzene rings is 4. The number of rotatable bonds is 10. The lowest BCUT2D eigenvalue weighted by atomic mass is 9.98. The number of hydrogen-bond acceptors (Lipinski definition) is 5. The Morgan fingerprint density at radius 1 is 0.837 bits per heavy atom. The fourth-order valence-electron chi connectivity index (χ4n) is 5.26. The summed E-state index contributed by atoms with van der Waals surface area (Å²) < 4.78 is 6.13. The Morgan fingerprint density at radius 3 is 2.26 bits per heavy atom. The van der Waals surface area contributed by atoms with Crippen LogP contribution in [0, 0.1) is 6.92 Å². The Kier molecular flexibility index (Phi) is 9.87. The molecule has 2 amide bonds. The fourth-order valence-corrected chi connectivity index (χ4v) is 5.26. The Labute approximate surface area is 254 Å². The lowest BCUT2D eigenvalue weighted by Crippen LogP contribution is -2.44. The van der Waals surface area contributed by atoms with Crippen molar-refractivity contribution in [3.05, 3.63) is 114 Å². The van der Waals surface area contributed by atoms with Crippen LogP contribution in [0.3, 0.4) is 0 Å². The number of piperazine rings is 1. The number of nitrogens with zero attached hydrogens (tertiary/aromatic N) is 3. The molecule has 43 heavy (non-hydrogen) atoms. The summed E-state index contributed by atoms with van der Waals surface area (Å²) in [5, 5.41) is 2.98. The minimum absolute atomic E-state index is 0.156. The summed E-state index contributed by atoms with van der Waals surface area (Å²) in [6, 6.07) is 30.3. The maximum atomic E-state index is 13.4. The van der Waals surface area contributed by atoms with Gasteiger partial charge in [-0.2, -0.15) is 0 Å². The van der Waals surface area contributed by atoms with Gasteiger partial charge in [0.15, 0.2) is 0 Å². The number of ether oxygens (including phenoxy) is 1. The zero-order valence-corrected chi connectivity index (χ0v) is 25.3. The molecular formula is C36H40N4O3. The Morgan fingerprint density at radius 2 is 1.51 bits per heavy atom. The van der Waals surface area contributed by atoms with E-state index in [0.29, 0.717) is 29.2 Å². The van der Waals surface area contributed by atoms with E-state index >= 15 is 0 Å². The maximum Gasteiger partial charge on any atom is 0.258 e. The van der Waals surface area contributed by atoms with Crippen LogP contribution in [-0.2, 0) is 0 Å². The molecule has 0 aromatic heterocycles. The predicted molar refractivity (Wildman–Crippen MR) is 174 cm³/mol. The van der Waals surface area contributed by atoms with Crippen LogP contribution in [-0.4, -0.2) is 75.0 Å². The monoisotopic (exact) mass is 576 g/mol. The SMILES string of the molecule is Cc1ccc(-c2ccccc2C(=O)Nc2ccc(C(=O)N(C)c3ccccc3OCCCN3CCN(C)CC3)cc2)cc1. The van der Waals surface area contributed by atoms with Crippen LogP contribution in [0.1, 0.15) is 32.7 Å². The molecule has 1 heterocycles. The largest absolute Gasteiger partial charge is 0.491 e. The molecule has 1 N–H and O–H groups in total. The lowest BCUT2D eigenvalue weighted by molar-refractivity contribution is 0.0990. The molecule has 0 atom stereocenters. The van der Waals surface area contributed by atoms with Gasteiger partial charge < -0.3 is 24.8 Å². The van der Waals surface area contributed by atoms with E-state index in [4.69, 9.17) is 4.74 Å². The third kappa shape index (κ3) is 7.69. The highest BCUT2D eigenvalue weighted by Crippen LogP contribution is 2.29. The van der Waals surface area contributed by atoms with Crippen LogP contribution >= 0.6 is 0 Å². The lowest BCUT2D eigenvalue weighted by Gasteiger charge is -2.32. The topological polar surface area (TPSA) is 65.1 Å². The quantitative estimate of drug-likeness (QED) is 0.228. The van der Waals surface area contributed by atoms with Gasteiger partial charge in [-0.3, -0.25) is 9.59 Å². The second kappa shape index (κ2) is 14.1. The number of para-hydroxylation sites is 2. The van der Waals surface area contributed by atoms with Gasteiger partial charge in [0.1, 0.15) is 5.75 Å². The van der Waals surface area contributed by atoms with E-state index in [2.05, 4.69) is 22.2 Å². The zero-order valence-electron chi connectivity index (χ0n) is 25.3. The van der Waals surface area contributed by atoms with Crippen molar-refractivity contribution in [3.63, 3.8) is 0 Å². The van der Waals surface area contributed by atoms with E-state index < -0.39 is 0 Å². The molecule has 1 fully saturated rings. The van der Waals surface area contributed by atoms with Gasteiger partial charge in [-0.25, -0.2) is 0 Å². The highest BCUT2D eigenvalue weighted by atomic mass is 16.5. The van der Waals surface area contributed by atoms with Crippen LogP contribution in [0.2, 0.25) is 0 Å². The summed E-state index contributed by atoms with van der Waals surface area (Å²) in [5.41, 5.74) is 5.47. The smallest absolute Gasteiger partial charge is 0.258 e. The highest BCUT2D eigenvalue weighted by molar-refractivity contribution is 6.09. The average Bonchev–Trinajstić information content (AvgIpc) is 3.04. The van der Waals surface area contributed by atoms with Gasteiger partial charge in [0.25, 0.3) is 11.8 Å². The number of aryl methyl sites for hydroxylation is 1. The van der Waals surface area contributed by atoms with Crippen molar-refractivity contribution >= 4 is 23.2 Å². The molecule has 1 aliphatic heterocycles. The van der Waals surface area contributed by atoms with E-state index in [9.17, 15) is 9.59 Å². The molecule has 5 rings (SSSR count). The Balaban J connectivity index is 1.19. The van der Waals surface area contributed by atoms with Crippen molar-refractivity contribution in [1.29, 1.82) is 0 Å². The highest BCUT2D eigenvalue weighted by Gasteiger charge is 2.19. The first-order valence-electron chi connectivity index (χ1n) is 14.9. The van der Waals surface area contributed by atoms with Gasteiger partial charge in [0.05, 0.1) is 12.3 Å². The van der Waals surface area contributed by atoms with Crippen LogP contribution in [0.4, 0.5) is 11.4 Å². The first-order chi connectivity index (χ1) is 20.9. The normalized spacial score (nSPS) is 13.8. The average molecular weight is 577 g/mol. The van der Waals surface area contributed by atoms with E-state index in [-0.39, 0.29) is 11.8 Å². The van der Waals surface area contributed by atoms with E-state index in [1.807, 2.05) is 79.7 Å². The maximum absolute atomic E-state index is 13.4.